The highest BCUT2D eigenvalue weighted by atomic mass is 16.1. The molecule has 0 fully saturated rings. The molecule has 3 nitrogen and oxygen atoms in total. The van der Waals surface area contributed by atoms with E-state index >= 15 is 0 Å². The van der Waals surface area contributed by atoms with Crippen molar-refractivity contribution in [3.8, 4) is 0 Å². The molecule has 1 radical (unpaired) electrons. The monoisotopic (exact) mass is 185 g/mol. The van der Waals surface area contributed by atoms with Gasteiger partial charge in [-0.05, 0) is 33.5 Å². The predicted molar refractivity (Wildman–Crippen MR) is 55.3 cm³/mol. The summed E-state index contributed by atoms with van der Waals surface area (Å²) in [4.78, 5) is 13.4. The summed E-state index contributed by atoms with van der Waals surface area (Å²) < 4.78 is 0. The van der Waals surface area contributed by atoms with Crippen molar-refractivity contribution in [3.05, 3.63) is 6.42 Å². The minimum Gasteiger partial charge on any atom is -0.356 e. The molecule has 3 heteroatoms. The van der Waals surface area contributed by atoms with Gasteiger partial charge in [0.25, 0.3) is 0 Å². The molecule has 0 rings (SSSR count). The van der Waals surface area contributed by atoms with E-state index in [1.807, 2.05) is 34.4 Å². The first kappa shape index (κ1) is 12.4. The first-order valence-corrected chi connectivity index (χ1v) is 4.80. The average Bonchev–Trinajstić information content (AvgIpc) is 2.10. The molecule has 13 heavy (non-hydrogen) atoms. The Morgan fingerprint density at radius 1 is 1.54 bits per heavy atom. The second-order valence-corrected chi connectivity index (χ2v) is 3.57. The van der Waals surface area contributed by atoms with Gasteiger partial charge in [0.05, 0.1) is 0 Å². The van der Waals surface area contributed by atoms with Gasteiger partial charge in [-0.2, -0.15) is 0 Å². The molecule has 0 heterocycles. The molecule has 0 aliphatic heterocycles. The van der Waals surface area contributed by atoms with Gasteiger partial charge < -0.3 is 10.2 Å². The summed E-state index contributed by atoms with van der Waals surface area (Å²) in [7, 11) is 4.06. The topological polar surface area (TPSA) is 32.3 Å². The molecular weight excluding hydrogens is 164 g/mol. The molecule has 1 amide bonds. The maximum Gasteiger partial charge on any atom is 0.223 e. The lowest BCUT2D eigenvalue weighted by Gasteiger charge is -2.11. The van der Waals surface area contributed by atoms with Gasteiger partial charge in [-0.1, -0.05) is 13.8 Å². The Morgan fingerprint density at radius 3 is 2.62 bits per heavy atom. The predicted octanol–water partition coefficient (Wildman–Crippen LogP) is 0.915. The summed E-state index contributed by atoms with van der Waals surface area (Å²) in [6.07, 6.45) is 2.91. The fourth-order valence-electron chi connectivity index (χ4n) is 0.919. The van der Waals surface area contributed by atoms with Gasteiger partial charge >= 0.3 is 0 Å². The lowest BCUT2D eigenvalue weighted by Crippen LogP contribution is -2.31. The van der Waals surface area contributed by atoms with E-state index < -0.39 is 0 Å². The van der Waals surface area contributed by atoms with E-state index in [2.05, 4.69) is 10.2 Å². The Morgan fingerprint density at radius 2 is 2.15 bits per heavy atom. The quantitative estimate of drug-likeness (QED) is 0.624. The molecular formula is C10H21N2O. The second kappa shape index (κ2) is 6.89. The Hall–Kier alpha value is -0.570. The maximum atomic E-state index is 11.3. The third-order valence-electron chi connectivity index (χ3n) is 1.99. The largest absolute Gasteiger partial charge is 0.356 e. The van der Waals surface area contributed by atoms with E-state index in [9.17, 15) is 4.79 Å². The van der Waals surface area contributed by atoms with Crippen LogP contribution in [-0.4, -0.2) is 38.0 Å². The van der Waals surface area contributed by atoms with Crippen molar-refractivity contribution in [3.63, 3.8) is 0 Å². The highest BCUT2D eigenvalue weighted by Crippen LogP contribution is 1.97. The third-order valence-corrected chi connectivity index (χ3v) is 1.99. The minimum absolute atomic E-state index is 0.0272. The van der Waals surface area contributed by atoms with Crippen LogP contribution < -0.4 is 5.32 Å². The number of rotatable bonds is 6. The van der Waals surface area contributed by atoms with Gasteiger partial charge in [0, 0.05) is 12.5 Å². The van der Waals surface area contributed by atoms with Gasteiger partial charge in [0.15, 0.2) is 0 Å². The molecule has 1 atom stereocenters. The van der Waals surface area contributed by atoms with Gasteiger partial charge in [0.1, 0.15) is 0 Å². The lowest BCUT2D eigenvalue weighted by atomic mass is 10.1. The smallest absolute Gasteiger partial charge is 0.223 e. The van der Waals surface area contributed by atoms with E-state index in [-0.39, 0.29) is 11.8 Å². The Kier molecular flexibility index (Phi) is 6.59. The van der Waals surface area contributed by atoms with Crippen LogP contribution >= 0.6 is 0 Å². The van der Waals surface area contributed by atoms with Crippen LogP contribution in [-0.2, 0) is 4.79 Å². The molecule has 1 N–H and O–H groups in total. The zero-order chi connectivity index (χ0) is 10.3. The highest BCUT2D eigenvalue weighted by molar-refractivity contribution is 5.79. The third kappa shape index (κ3) is 6.58. The molecule has 77 valence electrons. The Bertz CT molecular complexity index is 146. The molecule has 0 aliphatic rings. The molecule has 0 aromatic heterocycles. The van der Waals surface area contributed by atoms with Gasteiger partial charge in [-0.3, -0.25) is 4.79 Å². The van der Waals surface area contributed by atoms with Crippen LogP contribution in [0.3, 0.4) is 0 Å². The zero-order valence-electron chi connectivity index (χ0n) is 9.13. The van der Waals surface area contributed by atoms with Crippen LogP contribution in [0.5, 0.6) is 0 Å². The lowest BCUT2D eigenvalue weighted by molar-refractivity contribution is -0.123. The number of hydrogen-bond donors (Lipinski definition) is 1. The fraction of sp³-hybridized carbons (Fsp3) is 0.800. The van der Waals surface area contributed by atoms with Crippen molar-refractivity contribution < 1.29 is 4.79 Å². The van der Waals surface area contributed by atoms with Crippen LogP contribution in [0, 0.1) is 12.3 Å². The van der Waals surface area contributed by atoms with Crippen LogP contribution in [0.2, 0.25) is 0 Å². The fourth-order valence-corrected chi connectivity index (χ4v) is 0.919. The number of amides is 1. The number of hydrogen-bond acceptors (Lipinski definition) is 2. The van der Waals surface area contributed by atoms with Crippen molar-refractivity contribution in [1.82, 2.24) is 10.2 Å². The molecule has 0 aliphatic carbocycles. The number of nitrogens with zero attached hydrogens (tertiary/aromatic N) is 1. The van der Waals surface area contributed by atoms with Crippen LogP contribution in [0.25, 0.3) is 0 Å². The summed E-state index contributed by atoms with van der Waals surface area (Å²) in [6, 6.07) is 0. The van der Waals surface area contributed by atoms with Gasteiger partial charge in [-0.25, -0.2) is 0 Å². The standard InChI is InChI=1S/C10H21N2O/c1-5-9(2)10(13)11-7-6-8-12(3)4/h5,9H,6-8H2,1-4H3,(H,11,13). The number of carbonyl (C=O) groups is 1. The normalized spacial score (nSPS) is 13.0. The highest BCUT2D eigenvalue weighted by Gasteiger charge is 2.08. The molecule has 0 saturated carbocycles. The van der Waals surface area contributed by atoms with Crippen molar-refractivity contribution in [2.75, 3.05) is 27.2 Å². The molecule has 0 aromatic rings. The van der Waals surface area contributed by atoms with Crippen molar-refractivity contribution in [2.24, 2.45) is 5.92 Å². The first-order valence-electron chi connectivity index (χ1n) is 4.80. The maximum absolute atomic E-state index is 11.3. The first-order chi connectivity index (χ1) is 6.07. The summed E-state index contributed by atoms with van der Waals surface area (Å²) >= 11 is 0. The Labute approximate surface area is 81.5 Å². The molecule has 0 bridgehead atoms. The van der Waals surface area contributed by atoms with E-state index in [1.165, 1.54) is 0 Å². The molecule has 0 aromatic carbocycles. The number of nitrogens with one attached hydrogen (secondary N) is 1. The molecule has 0 spiro atoms. The summed E-state index contributed by atoms with van der Waals surface area (Å²) in [5.74, 6) is 0.153. The van der Waals surface area contributed by atoms with Crippen LogP contribution in [0.1, 0.15) is 20.3 Å². The van der Waals surface area contributed by atoms with E-state index in [1.54, 1.807) is 0 Å². The molecule has 0 saturated heterocycles. The second-order valence-electron chi connectivity index (χ2n) is 3.57. The van der Waals surface area contributed by atoms with Crippen molar-refractivity contribution >= 4 is 5.91 Å². The van der Waals surface area contributed by atoms with Crippen LogP contribution in [0.4, 0.5) is 0 Å². The number of carbonyl (C=O) groups excluding carboxylic acids is 1. The van der Waals surface area contributed by atoms with Gasteiger partial charge in [0.2, 0.25) is 5.91 Å². The summed E-state index contributed by atoms with van der Waals surface area (Å²) in [6.45, 7) is 5.60. The summed E-state index contributed by atoms with van der Waals surface area (Å²) in [5.41, 5.74) is 0. The van der Waals surface area contributed by atoms with Crippen LogP contribution in [0.15, 0.2) is 0 Å². The van der Waals surface area contributed by atoms with E-state index in [4.69, 9.17) is 0 Å². The SMILES string of the molecule is C[CH]C(C)C(=O)NCCCN(C)C. The van der Waals surface area contributed by atoms with Crippen molar-refractivity contribution in [2.45, 2.75) is 20.3 Å². The van der Waals surface area contributed by atoms with Crippen molar-refractivity contribution in [1.29, 1.82) is 0 Å². The molecule has 1 unspecified atom stereocenters. The van der Waals surface area contributed by atoms with E-state index in [0.717, 1.165) is 19.5 Å². The zero-order valence-corrected chi connectivity index (χ0v) is 9.13. The summed E-state index contributed by atoms with van der Waals surface area (Å²) in [5, 5.41) is 2.89. The average molecular weight is 185 g/mol. The Balaban J connectivity index is 3.37. The van der Waals surface area contributed by atoms with Gasteiger partial charge in [-0.15, -0.1) is 0 Å². The van der Waals surface area contributed by atoms with E-state index in [0.29, 0.717) is 0 Å². The minimum atomic E-state index is 0.0272.